The van der Waals surface area contributed by atoms with E-state index in [9.17, 15) is 0 Å². The summed E-state index contributed by atoms with van der Waals surface area (Å²) in [5.74, 6) is 1.45. The lowest BCUT2D eigenvalue weighted by Gasteiger charge is -2.07. The van der Waals surface area contributed by atoms with Gasteiger partial charge in [0.1, 0.15) is 5.82 Å². The maximum atomic E-state index is 4.60. The molecule has 2 aromatic rings. The Hall–Kier alpha value is -1.74. The van der Waals surface area contributed by atoms with Gasteiger partial charge in [-0.25, -0.2) is 9.97 Å². The highest BCUT2D eigenvalue weighted by molar-refractivity contribution is 5.59. The molecular weight excluding hydrogens is 234 g/mol. The van der Waals surface area contributed by atoms with Gasteiger partial charge < -0.3 is 5.32 Å². The van der Waals surface area contributed by atoms with Gasteiger partial charge in [-0.05, 0) is 24.6 Å². The molecule has 0 saturated carbocycles. The maximum absolute atomic E-state index is 4.60. The van der Waals surface area contributed by atoms with Crippen LogP contribution in [0.2, 0.25) is 0 Å². The summed E-state index contributed by atoms with van der Waals surface area (Å²) in [5, 5.41) is 3.12. The Morgan fingerprint density at radius 1 is 1.11 bits per heavy atom. The molecule has 0 aliphatic carbocycles. The third kappa shape index (κ3) is 3.61. The minimum Gasteiger partial charge on any atom is -0.319 e. The summed E-state index contributed by atoms with van der Waals surface area (Å²) in [6.07, 6.45) is 2.69. The lowest BCUT2D eigenvalue weighted by molar-refractivity contribution is 0.756. The van der Waals surface area contributed by atoms with Crippen LogP contribution in [0.3, 0.4) is 0 Å². The Labute approximate surface area is 115 Å². The van der Waals surface area contributed by atoms with Crippen LogP contribution < -0.4 is 5.32 Å². The van der Waals surface area contributed by atoms with E-state index >= 15 is 0 Å². The molecule has 100 valence electrons. The van der Waals surface area contributed by atoms with E-state index in [1.807, 2.05) is 19.3 Å². The molecule has 3 nitrogen and oxygen atoms in total. The van der Waals surface area contributed by atoms with Gasteiger partial charge in [0.15, 0.2) is 0 Å². The summed E-state index contributed by atoms with van der Waals surface area (Å²) in [4.78, 5) is 8.90. The van der Waals surface area contributed by atoms with Crippen LogP contribution in [0.25, 0.3) is 11.3 Å². The van der Waals surface area contributed by atoms with E-state index in [-0.39, 0.29) is 0 Å². The zero-order valence-electron chi connectivity index (χ0n) is 11.9. The first-order valence-electron chi connectivity index (χ1n) is 6.77. The zero-order valence-corrected chi connectivity index (χ0v) is 11.9. The summed E-state index contributed by atoms with van der Waals surface area (Å²) in [5.41, 5.74) is 3.50. The highest BCUT2D eigenvalue weighted by Crippen LogP contribution is 2.20. The Bertz CT molecular complexity index is 518. The third-order valence-corrected chi connectivity index (χ3v) is 3.18. The Kier molecular flexibility index (Phi) is 4.63. The molecule has 0 bridgehead atoms. The average Bonchev–Trinajstić information content (AvgIpc) is 2.45. The average molecular weight is 255 g/mol. The molecule has 1 heterocycles. The molecule has 19 heavy (non-hydrogen) atoms. The van der Waals surface area contributed by atoms with Crippen LogP contribution in [0, 0.1) is 0 Å². The number of hydrogen-bond donors (Lipinski definition) is 1. The number of aromatic nitrogens is 2. The maximum Gasteiger partial charge on any atom is 0.130 e. The van der Waals surface area contributed by atoms with Gasteiger partial charge in [-0.3, -0.25) is 0 Å². The summed E-state index contributed by atoms with van der Waals surface area (Å²) < 4.78 is 0. The number of nitrogens with zero attached hydrogens (tertiary/aromatic N) is 2. The molecule has 3 heteroatoms. The summed E-state index contributed by atoms with van der Waals surface area (Å²) in [7, 11) is 1.94. The molecule has 0 radical (unpaired) electrons. The van der Waals surface area contributed by atoms with E-state index in [4.69, 9.17) is 0 Å². The van der Waals surface area contributed by atoms with Crippen molar-refractivity contribution in [1.82, 2.24) is 15.3 Å². The number of nitrogens with one attached hydrogen (secondary N) is 1. The molecule has 0 aliphatic heterocycles. The van der Waals surface area contributed by atoms with Crippen molar-refractivity contribution < 1.29 is 0 Å². The first-order valence-corrected chi connectivity index (χ1v) is 6.77. The van der Waals surface area contributed by atoms with Gasteiger partial charge >= 0.3 is 0 Å². The van der Waals surface area contributed by atoms with Crippen LogP contribution in [-0.4, -0.2) is 23.6 Å². The Balaban J connectivity index is 2.21. The first kappa shape index (κ1) is 13.7. The molecular formula is C16H21N3. The van der Waals surface area contributed by atoms with Gasteiger partial charge in [0.05, 0.1) is 5.69 Å². The highest BCUT2D eigenvalue weighted by atomic mass is 14.9. The normalized spacial score (nSPS) is 10.9. The molecule has 0 fully saturated rings. The first-order chi connectivity index (χ1) is 9.20. The van der Waals surface area contributed by atoms with Crippen LogP contribution in [0.1, 0.15) is 31.2 Å². The molecule has 1 N–H and O–H groups in total. The molecule has 0 atom stereocenters. The van der Waals surface area contributed by atoms with Crippen LogP contribution >= 0.6 is 0 Å². The van der Waals surface area contributed by atoms with Gasteiger partial charge in [0.2, 0.25) is 0 Å². The molecule has 0 saturated heterocycles. The van der Waals surface area contributed by atoms with Gasteiger partial charge in [-0.15, -0.1) is 0 Å². The van der Waals surface area contributed by atoms with Crippen LogP contribution in [-0.2, 0) is 6.42 Å². The minimum atomic E-state index is 0.561. The minimum absolute atomic E-state index is 0.561. The molecule has 1 aromatic carbocycles. The highest BCUT2D eigenvalue weighted by Gasteiger charge is 2.03. The molecule has 0 amide bonds. The van der Waals surface area contributed by atoms with Crippen molar-refractivity contribution in [2.75, 3.05) is 13.6 Å². The predicted molar refractivity (Wildman–Crippen MR) is 79.2 cm³/mol. The Morgan fingerprint density at radius 3 is 2.47 bits per heavy atom. The molecule has 2 rings (SSSR count). The van der Waals surface area contributed by atoms with Gasteiger partial charge in [0, 0.05) is 24.7 Å². The van der Waals surface area contributed by atoms with Crippen molar-refractivity contribution in [2.24, 2.45) is 0 Å². The van der Waals surface area contributed by atoms with Crippen LogP contribution in [0.5, 0.6) is 0 Å². The lowest BCUT2D eigenvalue weighted by Crippen LogP contribution is -2.12. The number of likely N-dealkylation sites (N-methyl/N-ethyl adjacent to an activating group) is 1. The number of benzene rings is 1. The van der Waals surface area contributed by atoms with Crippen molar-refractivity contribution in [3.8, 4) is 11.3 Å². The van der Waals surface area contributed by atoms with E-state index in [0.717, 1.165) is 30.0 Å². The molecule has 0 spiro atoms. The fourth-order valence-corrected chi connectivity index (χ4v) is 1.96. The van der Waals surface area contributed by atoms with Gasteiger partial charge in [-0.2, -0.15) is 0 Å². The lowest BCUT2D eigenvalue weighted by atomic mass is 10.0. The smallest absolute Gasteiger partial charge is 0.130 e. The predicted octanol–water partition coefficient (Wildman–Crippen LogP) is 3.03. The second-order valence-corrected chi connectivity index (χ2v) is 4.99. The van der Waals surface area contributed by atoms with Crippen molar-refractivity contribution in [2.45, 2.75) is 26.2 Å². The monoisotopic (exact) mass is 255 g/mol. The van der Waals surface area contributed by atoms with Crippen LogP contribution in [0.15, 0.2) is 36.5 Å². The van der Waals surface area contributed by atoms with Gasteiger partial charge in [-0.1, -0.05) is 38.1 Å². The number of rotatable bonds is 5. The van der Waals surface area contributed by atoms with Crippen molar-refractivity contribution >= 4 is 0 Å². The molecule has 0 aliphatic rings. The van der Waals surface area contributed by atoms with Crippen molar-refractivity contribution in [3.05, 3.63) is 47.9 Å². The fraction of sp³-hybridized carbons (Fsp3) is 0.375. The zero-order chi connectivity index (χ0) is 13.7. The van der Waals surface area contributed by atoms with E-state index in [1.54, 1.807) is 0 Å². The fourth-order valence-electron chi connectivity index (χ4n) is 1.96. The molecule has 1 aromatic heterocycles. The van der Waals surface area contributed by atoms with Gasteiger partial charge in [0.25, 0.3) is 0 Å². The van der Waals surface area contributed by atoms with Crippen molar-refractivity contribution in [3.63, 3.8) is 0 Å². The van der Waals surface area contributed by atoms with Crippen molar-refractivity contribution in [1.29, 1.82) is 0 Å². The topological polar surface area (TPSA) is 37.8 Å². The summed E-state index contributed by atoms with van der Waals surface area (Å²) >= 11 is 0. The van der Waals surface area contributed by atoms with E-state index in [2.05, 4.69) is 53.4 Å². The largest absolute Gasteiger partial charge is 0.319 e. The molecule has 0 unspecified atom stereocenters. The van der Waals surface area contributed by atoms with E-state index < -0.39 is 0 Å². The third-order valence-electron chi connectivity index (χ3n) is 3.18. The van der Waals surface area contributed by atoms with E-state index in [0.29, 0.717) is 5.92 Å². The van der Waals surface area contributed by atoms with Crippen LogP contribution in [0.4, 0.5) is 0 Å². The Morgan fingerprint density at radius 2 is 1.84 bits per heavy atom. The standard InChI is InChI=1S/C16H21N3/c1-12(2)13-4-6-14(7-5-13)15-8-11-18-16(19-15)9-10-17-3/h4-8,11-12,17H,9-10H2,1-3H3. The SMILES string of the molecule is CNCCc1nccc(-c2ccc(C(C)C)cc2)n1. The second kappa shape index (κ2) is 6.43. The summed E-state index contributed by atoms with van der Waals surface area (Å²) in [6.45, 7) is 5.31. The number of hydrogen-bond acceptors (Lipinski definition) is 3. The second-order valence-electron chi connectivity index (χ2n) is 4.99. The van der Waals surface area contributed by atoms with E-state index in [1.165, 1.54) is 5.56 Å². The quantitative estimate of drug-likeness (QED) is 0.892. The summed E-state index contributed by atoms with van der Waals surface area (Å²) in [6, 6.07) is 10.6.